The molecule has 0 N–H and O–H groups in total. The Morgan fingerprint density at radius 3 is 2.78 bits per heavy atom. The maximum Gasteiger partial charge on any atom is 0.0398 e. The molecule has 0 atom stereocenters. The van der Waals surface area contributed by atoms with Crippen LogP contribution in [0.15, 0.2) is 34.9 Å². The Kier molecular flexibility index (Phi) is 1.77. The van der Waals surface area contributed by atoms with Crippen LogP contribution in [-0.2, 0) is 0 Å². The lowest BCUT2D eigenvalue weighted by Crippen LogP contribution is -1.86. The van der Waals surface area contributed by atoms with Crippen LogP contribution in [0.5, 0.6) is 0 Å². The van der Waals surface area contributed by atoms with Crippen LogP contribution in [-0.4, -0.2) is 0 Å². The van der Waals surface area contributed by atoms with Gasteiger partial charge in [-0.05, 0) is 18.9 Å². The van der Waals surface area contributed by atoms with Gasteiger partial charge in [-0.3, -0.25) is 0 Å². The minimum atomic E-state index is 0.863. The Balaban J connectivity index is 2.87. The zero-order valence-corrected chi connectivity index (χ0v) is 6.20. The zero-order chi connectivity index (χ0) is 6.85. The van der Waals surface area contributed by atoms with Gasteiger partial charge in [0.15, 0.2) is 0 Å². The summed E-state index contributed by atoms with van der Waals surface area (Å²) in [5.74, 6) is 0. The van der Waals surface area contributed by atoms with Gasteiger partial charge in [-0.2, -0.15) is 0 Å². The first-order valence-corrected chi connectivity index (χ1v) is 3.30. The van der Waals surface area contributed by atoms with Crippen molar-refractivity contribution in [3.8, 4) is 0 Å². The van der Waals surface area contributed by atoms with Gasteiger partial charge in [0.2, 0.25) is 0 Å². The number of hydrogen-bond acceptors (Lipinski definition) is 0. The molecule has 0 saturated heterocycles. The summed E-state index contributed by atoms with van der Waals surface area (Å²) in [5.41, 5.74) is 2.25. The normalized spacial score (nSPS) is 19.1. The molecule has 0 aromatic heterocycles. The highest BCUT2D eigenvalue weighted by Gasteiger charge is 2.01. The van der Waals surface area contributed by atoms with E-state index in [2.05, 4.69) is 6.58 Å². The Morgan fingerprint density at radius 1 is 1.67 bits per heavy atom. The molecule has 0 aliphatic heterocycles. The molecule has 0 unspecified atom stereocenters. The Hall–Kier alpha value is -0.490. The van der Waals surface area contributed by atoms with Crippen LogP contribution in [0.2, 0.25) is 0 Å². The minimum Gasteiger partial charge on any atom is -0.0955 e. The van der Waals surface area contributed by atoms with E-state index >= 15 is 0 Å². The van der Waals surface area contributed by atoms with E-state index in [0.717, 1.165) is 22.6 Å². The second kappa shape index (κ2) is 2.40. The first kappa shape index (κ1) is 6.63. The number of rotatable bonds is 0. The van der Waals surface area contributed by atoms with Gasteiger partial charge in [0, 0.05) is 5.03 Å². The Labute approximate surface area is 60.5 Å². The molecule has 0 saturated carbocycles. The number of halogens is 1. The lowest BCUT2D eigenvalue weighted by molar-refractivity contribution is 1.22. The molecule has 1 rings (SSSR count). The third-order valence-corrected chi connectivity index (χ3v) is 1.79. The molecule has 1 aliphatic rings. The van der Waals surface area contributed by atoms with Crippen LogP contribution >= 0.6 is 11.6 Å². The standard InChI is InChI=1S/C8H9Cl/c1-6-3-4-8(9)7(2)5-6/h4-5H,1,3H2,2H3. The summed E-state index contributed by atoms with van der Waals surface area (Å²) in [7, 11) is 0. The van der Waals surface area contributed by atoms with Crippen LogP contribution in [0.1, 0.15) is 13.3 Å². The lowest BCUT2D eigenvalue weighted by atomic mass is 10.0. The van der Waals surface area contributed by atoms with Crippen molar-refractivity contribution in [1.29, 1.82) is 0 Å². The number of allylic oxidation sites excluding steroid dienone is 5. The van der Waals surface area contributed by atoms with E-state index in [4.69, 9.17) is 11.6 Å². The first-order valence-electron chi connectivity index (χ1n) is 2.92. The van der Waals surface area contributed by atoms with Gasteiger partial charge >= 0.3 is 0 Å². The summed E-state index contributed by atoms with van der Waals surface area (Å²) in [6.45, 7) is 5.81. The summed E-state index contributed by atoms with van der Waals surface area (Å²) >= 11 is 5.78. The van der Waals surface area contributed by atoms with E-state index in [1.807, 2.05) is 19.1 Å². The molecule has 0 aromatic rings. The van der Waals surface area contributed by atoms with Crippen molar-refractivity contribution in [2.75, 3.05) is 0 Å². The molecular weight excluding hydrogens is 132 g/mol. The summed E-state index contributed by atoms with van der Waals surface area (Å²) in [5, 5.41) is 0.863. The quantitative estimate of drug-likeness (QED) is 0.485. The molecule has 0 heterocycles. The topological polar surface area (TPSA) is 0 Å². The average molecular weight is 141 g/mol. The number of hydrogen-bond donors (Lipinski definition) is 0. The molecule has 1 aliphatic carbocycles. The smallest absolute Gasteiger partial charge is 0.0398 e. The SMILES string of the molecule is C=C1C=C(C)C(Cl)=CC1. The van der Waals surface area contributed by atoms with E-state index < -0.39 is 0 Å². The molecule has 0 fully saturated rings. The van der Waals surface area contributed by atoms with Crippen molar-refractivity contribution in [3.05, 3.63) is 34.9 Å². The predicted octanol–water partition coefficient (Wildman–Crippen LogP) is 3.02. The summed E-state index contributed by atoms with van der Waals surface area (Å²) in [4.78, 5) is 0. The van der Waals surface area contributed by atoms with Crippen LogP contribution in [0.4, 0.5) is 0 Å². The largest absolute Gasteiger partial charge is 0.0955 e. The van der Waals surface area contributed by atoms with Gasteiger partial charge in [0.05, 0.1) is 0 Å². The van der Waals surface area contributed by atoms with E-state index in [1.165, 1.54) is 0 Å². The van der Waals surface area contributed by atoms with Crippen molar-refractivity contribution in [1.82, 2.24) is 0 Å². The third-order valence-electron chi connectivity index (χ3n) is 1.34. The molecule has 48 valence electrons. The van der Waals surface area contributed by atoms with Gasteiger partial charge in [0.25, 0.3) is 0 Å². The highest BCUT2D eigenvalue weighted by Crippen LogP contribution is 2.23. The highest BCUT2D eigenvalue weighted by atomic mass is 35.5. The third kappa shape index (κ3) is 1.46. The lowest BCUT2D eigenvalue weighted by Gasteiger charge is -2.06. The first-order chi connectivity index (χ1) is 4.20. The average Bonchev–Trinajstić information content (AvgIpc) is 1.80. The summed E-state index contributed by atoms with van der Waals surface area (Å²) in [6.07, 6.45) is 4.90. The Morgan fingerprint density at radius 2 is 2.33 bits per heavy atom. The van der Waals surface area contributed by atoms with Crippen molar-refractivity contribution in [2.24, 2.45) is 0 Å². The van der Waals surface area contributed by atoms with Gasteiger partial charge in [0.1, 0.15) is 0 Å². The highest BCUT2D eigenvalue weighted by molar-refractivity contribution is 6.32. The van der Waals surface area contributed by atoms with Crippen molar-refractivity contribution < 1.29 is 0 Å². The van der Waals surface area contributed by atoms with Crippen molar-refractivity contribution in [3.63, 3.8) is 0 Å². The van der Waals surface area contributed by atoms with Gasteiger partial charge in [-0.1, -0.05) is 35.9 Å². The maximum atomic E-state index is 5.78. The Bertz CT molecular complexity index is 197. The van der Waals surface area contributed by atoms with Crippen molar-refractivity contribution >= 4 is 11.6 Å². The van der Waals surface area contributed by atoms with Gasteiger partial charge < -0.3 is 0 Å². The monoisotopic (exact) mass is 140 g/mol. The van der Waals surface area contributed by atoms with Crippen LogP contribution < -0.4 is 0 Å². The molecular formula is C8H9Cl. The maximum absolute atomic E-state index is 5.78. The second-order valence-electron chi connectivity index (χ2n) is 2.24. The fraction of sp³-hybridized carbons (Fsp3) is 0.250. The fourth-order valence-corrected chi connectivity index (χ4v) is 0.947. The van der Waals surface area contributed by atoms with E-state index in [9.17, 15) is 0 Å². The van der Waals surface area contributed by atoms with Gasteiger partial charge in [-0.25, -0.2) is 0 Å². The second-order valence-corrected chi connectivity index (χ2v) is 2.65. The van der Waals surface area contributed by atoms with Crippen LogP contribution in [0.3, 0.4) is 0 Å². The van der Waals surface area contributed by atoms with E-state index in [-0.39, 0.29) is 0 Å². The molecule has 0 bridgehead atoms. The molecule has 0 spiro atoms. The fourth-order valence-electron chi connectivity index (χ4n) is 0.816. The predicted molar refractivity (Wildman–Crippen MR) is 41.5 cm³/mol. The summed E-state index contributed by atoms with van der Waals surface area (Å²) in [6, 6.07) is 0. The molecule has 0 aromatic carbocycles. The van der Waals surface area contributed by atoms with Gasteiger partial charge in [-0.15, -0.1) is 0 Å². The van der Waals surface area contributed by atoms with Crippen LogP contribution in [0, 0.1) is 0 Å². The van der Waals surface area contributed by atoms with Crippen LogP contribution in [0.25, 0.3) is 0 Å². The molecule has 9 heavy (non-hydrogen) atoms. The molecule has 0 radical (unpaired) electrons. The summed E-state index contributed by atoms with van der Waals surface area (Å²) < 4.78 is 0. The minimum absolute atomic E-state index is 0.863. The molecule has 0 nitrogen and oxygen atoms in total. The zero-order valence-electron chi connectivity index (χ0n) is 5.45. The molecule has 0 amide bonds. The van der Waals surface area contributed by atoms with E-state index in [0.29, 0.717) is 0 Å². The van der Waals surface area contributed by atoms with Crippen molar-refractivity contribution in [2.45, 2.75) is 13.3 Å². The van der Waals surface area contributed by atoms with E-state index in [1.54, 1.807) is 0 Å². The molecule has 1 heteroatoms.